The highest BCUT2D eigenvalue weighted by Gasteiger charge is 2.50. The van der Waals surface area contributed by atoms with Gasteiger partial charge in [-0.1, -0.05) is 12.1 Å². The van der Waals surface area contributed by atoms with Crippen LogP contribution in [0.2, 0.25) is 0 Å². The summed E-state index contributed by atoms with van der Waals surface area (Å²) in [5.74, 6) is -1.29. The summed E-state index contributed by atoms with van der Waals surface area (Å²) >= 11 is 0. The van der Waals surface area contributed by atoms with Gasteiger partial charge in [-0.15, -0.1) is 0 Å². The van der Waals surface area contributed by atoms with Gasteiger partial charge in [-0.05, 0) is 18.6 Å². The molecule has 17 heavy (non-hydrogen) atoms. The summed E-state index contributed by atoms with van der Waals surface area (Å²) in [7, 11) is 0. The van der Waals surface area contributed by atoms with Crippen LogP contribution in [0.4, 0.5) is 11.4 Å². The van der Waals surface area contributed by atoms with Crippen LogP contribution >= 0.6 is 0 Å². The molecule has 2 unspecified atom stereocenters. The van der Waals surface area contributed by atoms with Crippen LogP contribution in [0.3, 0.4) is 0 Å². The van der Waals surface area contributed by atoms with Crippen molar-refractivity contribution in [1.82, 2.24) is 0 Å². The van der Waals surface area contributed by atoms with Crippen molar-refractivity contribution < 1.29 is 14.7 Å². The van der Waals surface area contributed by atoms with Crippen molar-refractivity contribution in [2.75, 3.05) is 16.8 Å². The number of hydrogen-bond donors (Lipinski definition) is 2. The van der Waals surface area contributed by atoms with Gasteiger partial charge in [0, 0.05) is 0 Å². The molecule has 5 nitrogen and oxygen atoms in total. The molecule has 0 spiro atoms. The number of rotatable bonds is 2. The number of hydrogen-bond acceptors (Lipinski definition) is 3. The first-order valence-corrected chi connectivity index (χ1v) is 5.56. The Morgan fingerprint density at radius 2 is 2.18 bits per heavy atom. The number of carboxylic acid groups (broad SMARTS) is 1. The van der Waals surface area contributed by atoms with E-state index in [1.54, 1.807) is 4.90 Å². The molecule has 3 rings (SSSR count). The molecule has 1 aliphatic heterocycles. The Morgan fingerprint density at radius 1 is 1.41 bits per heavy atom. The molecule has 1 aromatic rings. The molecule has 0 radical (unpaired) electrons. The number of nitrogens with zero attached hydrogens (tertiary/aromatic N) is 1. The minimum Gasteiger partial charge on any atom is -0.481 e. The topological polar surface area (TPSA) is 69.6 Å². The molecule has 1 saturated carbocycles. The lowest BCUT2D eigenvalue weighted by atomic mass is 10.2. The van der Waals surface area contributed by atoms with E-state index in [0.29, 0.717) is 6.42 Å². The first-order chi connectivity index (χ1) is 8.18. The average Bonchev–Trinajstić information content (AvgIpc) is 3.09. The van der Waals surface area contributed by atoms with E-state index < -0.39 is 11.9 Å². The normalized spacial score (nSPS) is 26.1. The van der Waals surface area contributed by atoms with Crippen molar-refractivity contribution in [3.05, 3.63) is 24.3 Å². The van der Waals surface area contributed by atoms with E-state index in [9.17, 15) is 9.59 Å². The Labute approximate surface area is 98.0 Å². The third-order valence-electron chi connectivity index (χ3n) is 3.27. The zero-order chi connectivity index (χ0) is 12.0. The second kappa shape index (κ2) is 3.48. The number of nitrogens with one attached hydrogen (secondary N) is 1. The number of anilines is 2. The summed E-state index contributed by atoms with van der Waals surface area (Å²) in [6, 6.07) is 7.30. The number of aliphatic carboxylic acids is 1. The second-order valence-corrected chi connectivity index (χ2v) is 4.38. The number of carbonyl (C=O) groups is 2. The Hall–Kier alpha value is -2.04. The molecule has 5 heteroatoms. The van der Waals surface area contributed by atoms with Crippen LogP contribution < -0.4 is 10.2 Å². The van der Waals surface area contributed by atoms with Gasteiger partial charge in [-0.3, -0.25) is 9.59 Å². The van der Waals surface area contributed by atoms with Crippen molar-refractivity contribution in [1.29, 1.82) is 0 Å². The monoisotopic (exact) mass is 232 g/mol. The summed E-state index contributed by atoms with van der Waals surface area (Å²) in [6.07, 6.45) is 0.551. The highest BCUT2D eigenvalue weighted by Crippen LogP contribution is 2.42. The molecule has 1 fully saturated rings. The molecule has 2 aliphatic rings. The Kier molecular flexibility index (Phi) is 2.07. The fourth-order valence-corrected chi connectivity index (χ4v) is 2.32. The first kappa shape index (κ1) is 10.1. The maximum absolute atomic E-state index is 11.9. The molecule has 1 aliphatic carbocycles. The minimum atomic E-state index is -0.821. The minimum absolute atomic E-state index is 0.0579. The zero-order valence-electron chi connectivity index (χ0n) is 9.09. The second-order valence-electron chi connectivity index (χ2n) is 4.38. The average molecular weight is 232 g/mol. The van der Waals surface area contributed by atoms with E-state index >= 15 is 0 Å². The SMILES string of the molecule is O=C(O)C1CC1N1C(=O)CNc2ccccc21. The van der Waals surface area contributed by atoms with E-state index in [0.717, 1.165) is 11.4 Å². The highest BCUT2D eigenvalue weighted by atomic mass is 16.4. The molecule has 88 valence electrons. The molecule has 1 heterocycles. The largest absolute Gasteiger partial charge is 0.481 e. The van der Waals surface area contributed by atoms with Gasteiger partial charge in [0.1, 0.15) is 0 Å². The van der Waals surface area contributed by atoms with Crippen LogP contribution in [0, 0.1) is 5.92 Å². The fourth-order valence-electron chi connectivity index (χ4n) is 2.32. The van der Waals surface area contributed by atoms with Gasteiger partial charge in [0.2, 0.25) is 5.91 Å². The zero-order valence-corrected chi connectivity index (χ0v) is 9.09. The summed E-state index contributed by atoms with van der Waals surface area (Å²) < 4.78 is 0. The molecule has 2 atom stereocenters. The van der Waals surface area contributed by atoms with Crippen LogP contribution in [-0.2, 0) is 9.59 Å². The quantitative estimate of drug-likeness (QED) is 0.795. The lowest BCUT2D eigenvalue weighted by Crippen LogP contribution is -2.42. The molecular formula is C12H12N2O3. The Morgan fingerprint density at radius 3 is 2.88 bits per heavy atom. The Bertz CT molecular complexity index is 500. The van der Waals surface area contributed by atoms with Crippen molar-refractivity contribution >= 4 is 23.3 Å². The predicted octanol–water partition coefficient (Wildman–Crippen LogP) is 0.918. The van der Waals surface area contributed by atoms with E-state index in [2.05, 4.69) is 5.32 Å². The van der Waals surface area contributed by atoms with Gasteiger partial charge >= 0.3 is 5.97 Å². The van der Waals surface area contributed by atoms with Crippen LogP contribution in [0.1, 0.15) is 6.42 Å². The lowest BCUT2D eigenvalue weighted by Gasteiger charge is -2.30. The number of benzene rings is 1. The summed E-state index contributed by atoms with van der Waals surface area (Å²) in [5, 5.41) is 12.0. The van der Waals surface area contributed by atoms with Crippen LogP contribution in [0.25, 0.3) is 0 Å². The number of para-hydroxylation sites is 2. The van der Waals surface area contributed by atoms with E-state index in [-0.39, 0.29) is 18.5 Å². The van der Waals surface area contributed by atoms with Gasteiger partial charge < -0.3 is 15.3 Å². The molecular weight excluding hydrogens is 220 g/mol. The maximum atomic E-state index is 11.9. The third-order valence-corrected chi connectivity index (χ3v) is 3.27. The molecule has 2 N–H and O–H groups in total. The number of carboxylic acids is 1. The van der Waals surface area contributed by atoms with Gasteiger partial charge in [-0.25, -0.2) is 0 Å². The van der Waals surface area contributed by atoms with E-state index in [1.807, 2.05) is 24.3 Å². The van der Waals surface area contributed by atoms with Gasteiger partial charge in [0.25, 0.3) is 0 Å². The van der Waals surface area contributed by atoms with Crippen LogP contribution in [0.15, 0.2) is 24.3 Å². The molecule has 1 amide bonds. The maximum Gasteiger partial charge on any atom is 0.308 e. The molecule has 0 bridgehead atoms. The smallest absolute Gasteiger partial charge is 0.308 e. The van der Waals surface area contributed by atoms with Crippen LogP contribution in [0.5, 0.6) is 0 Å². The van der Waals surface area contributed by atoms with E-state index in [4.69, 9.17) is 5.11 Å². The van der Waals surface area contributed by atoms with Gasteiger partial charge in [0.05, 0.1) is 29.9 Å². The lowest BCUT2D eigenvalue weighted by molar-refractivity contribution is -0.138. The van der Waals surface area contributed by atoms with E-state index in [1.165, 1.54) is 0 Å². The van der Waals surface area contributed by atoms with Crippen molar-refractivity contribution in [2.24, 2.45) is 5.92 Å². The molecule has 0 saturated heterocycles. The van der Waals surface area contributed by atoms with Crippen molar-refractivity contribution in [3.63, 3.8) is 0 Å². The highest BCUT2D eigenvalue weighted by molar-refractivity contribution is 6.04. The van der Waals surface area contributed by atoms with Crippen molar-refractivity contribution in [2.45, 2.75) is 12.5 Å². The number of carbonyl (C=O) groups excluding carboxylic acids is 1. The van der Waals surface area contributed by atoms with Gasteiger partial charge in [-0.2, -0.15) is 0 Å². The Balaban J connectivity index is 1.94. The number of fused-ring (bicyclic) bond motifs is 1. The molecule has 1 aromatic carbocycles. The molecule has 0 aromatic heterocycles. The van der Waals surface area contributed by atoms with Crippen LogP contribution in [-0.4, -0.2) is 29.6 Å². The fraction of sp³-hybridized carbons (Fsp3) is 0.333. The summed E-state index contributed by atoms with van der Waals surface area (Å²) in [5.41, 5.74) is 1.68. The summed E-state index contributed by atoms with van der Waals surface area (Å²) in [4.78, 5) is 24.4. The number of amides is 1. The summed E-state index contributed by atoms with van der Waals surface area (Å²) in [6.45, 7) is 0.236. The van der Waals surface area contributed by atoms with Crippen molar-refractivity contribution in [3.8, 4) is 0 Å². The third kappa shape index (κ3) is 1.54. The predicted molar refractivity (Wildman–Crippen MR) is 61.9 cm³/mol. The van der Waals surface area contributed by atoms with Gasteiger partial charge in [0.15, 0.2) is 0 Å². The standard InChI is InChI=1S/C12H12N2O3/c15-11-6-13-8-3-1-2-4-9(8)14(11)10-5-7(10)12(16)17/h1-4,7,10,13H,5-6H2,(H,16,17). The first-order valence-electron chi connectivity index (χ1n) is 5.56.